The van der Waals surface area contributed by atoms with Crippen LogP contribution < -0.4 is 5.56 Å². The van der Waals surface area contributed by atoms with E-state index in [9.17, 15) is 35.9 Å². The Morgan fingerprint density at radius 1 is 1.21 bits per heavy atom. The number of alkyl halides is 6. The van der Waals surface area contributed by atoms with Crippen LogP contribution in [0.25, 0.3) is 21.3 Å². The van der Waals surface area contributed by atoms with Gasteiger partial charge in [-0.05, 0) is 30.5 Å². The molecule has 1 aliphatic heterocycles. The SMILES string of the molecule is O=C(CCn1cnc2scc(-c3ccc(Cl)c(C(F)(F)F)c3)c2c1=O)N1CCCC1C(F)(F)F. The molecule has 0 N–H and O–H groups in total. The number of fused-ring (bicyclic) bond motifs is 1. The summed E-state index contributed by atoms with van der Waals surface area (Å²) in [6, 6.07) is 1.44. The van der Waals surface area contributed by atoms with E-state index in [1.54, 1.807) is 0 Å². The van der Waals surface area contributed by atoms with Crippen LogP contribution in [0.3, 0.4) is 0 Å². The Morgan fingerprint density at radius 2 is 1.94 bits per heavy atom. The number of aromatic nitrogens is 2. The Kier molecular flexibility index (Phi) is 6.40. The van der Waals surface area contributed by atoms with Crippen LogP contribution in [0, 0.1) is 0 Å². The Hall–Kier alpha value is -2.60. The van der Waals surface area contributed by atoms with Gasteiger partial charge in [-0.25, -0.2) is 4.98 Å². The summed E-state index contributed by atoms with van der Waals surface area (Å²) < 4.78 is 80.3. The molecule has 0 radical (unpaired) electrons. The molecule has 1 aliphatic rings. The lowest BCUT2D eigenvalue weighted by Gasteiger charge is -2.26. The van der Waals surface area contributed by atoms with Gasteiger partial charge < -0.3 is 4.90 Å². The third kappa shape index (κ3) is 4.65. The van der Waals surface area contributed by atoms with Gasteiger partial charge in [-0.3, -0.25) is 14.2 Å². The summed E-state index contributed by atoms with van der Waals surface area (Å²) >= 11 is 6.74. The fraction of sp³-hybridized carbons (Fsp3) is 0.381. The van der Waals surface area contributed by atoms with E-state index in [0.29, 0.717) is 0 Å². The molecule has 0 spiro atoms. The van der Waals surface area contributed by atoms with Crippen LogP contribution in [-0.2, 0) is 17.5 Å². The monoisotopic (exact) mass is 523 g/mol. The van der Waals surface area contributed by atoms with Crippen LogP contribution in [0.5, 0.6) is 0 Å². The van der Waals surface area contributed by atoms with Crippen LogP contribution in [0.1, 0.15) is 24.8 Å². The lowest BCUT2D eigenvalue weighted by atomic mass is 10.0. The topological polar surface area (TPSA) is 55.2 Å². The van der Waals surface area contributed by atoms with Crippen molar-refractivity contribution < 1.29 is 31.1 Å². The van der Waals surface area contributed by atoms with Gasteiger partial charge in [-0.15, -0.1) is 11.3 Å². The largest absolute Gasteiger partial charge is 0.417 e. The second-order valence-corrected chi connectivity index (χ2v) is 9.07. The van der Waals surface area contributed by atoms with E-state index in [2.05, 4.69) is 4.98 Å². The zero-order chi connectivity index (χ0) is 24.8. The van der Waals surface area contributed by atoms with Crippen molar-refractivity contribution in [3.05, 3.63) is 50.8 Å². The number of carbonyl (C=O) groups excluding carboxylic acids is 1. The van der Waals surface area contributed by atoms with E-state index < -0.39 is 40.4 Å². The number of hydrogen-bond acceptors (Lipinski definition) is 4. The van der Waals surface area contributed by atoms with Crippen LogP contribution in [0.15, 0.2) is 34.7 Å². The Labute approximate surface area is 197 Å². The van der Waals surface area contributed by atoms with Crippen LogP contribution >= 0.6 is 22.9 Å². The smallest absolute Gasteiger partial charge is 0.331 e. The van der Waals surface area contributed by atoms with E-state index in [1.165, 1.54) is 17.8 Å². The predicted octanol–water partition coefficient (Wildman–Crippen LogP) is 5.74. The fourth-order valence-corrected chi connectivity index (χ4v) is 5.15. The van der Waals surface area contributed by atoms with Gasteiger partial charge in [0.25, 0.3) is 5.56 Å². The van der Waals surface area contributed by atoms with Crippen LogP contribution in [0.2, 0.25) is 5.02 Å². The van der Waals surface area contributed by atoms with E-state index in [-0.39, 0.29) is 53.7 Å². The van der Waals surface area contributed by atoms with Gasteiger partial charge in [0.1, 0.15) is 10.9 Å². The zero-order valence-corrected chi connectivity index (χ0v) is 18.8. The number of carbonyl (C=O) groups is 1. The highest BCUT2D eigenvalue weighted by atomic mass is 35.5. The summed E-state index contributed by atoms with van der Waals surface area (Å²) in [6.07, 6.45) is -8.32. The molecule has 34 heavy (non-hydrogen) atoms. The highest BCUT2D eigenvalue weighted by Crippen LogP contribution is 2.39. The highest BCUT2D eigenvalue weighted by molar-refractivity contribution is 7.17. The van der Waals surface area contributed by atoms with E-state index in [0.717, 1.165) is 32.9 Å². The van der Waals surface area contributed by atoms with Crippen LogP contribution in [-0.4, -0.2) is 39.1 Å². The molecule has 5 nitrogen and oxygen atoms in total. The molecule has 1 atom stereocenters. The molecule has 1 amide bonds. The van der Waals surface area contributed by atoms with Crippen molar-refractivity contribution in [2.45, 2.75) is 44.2 Å². The van der Waals surface area contributed by atoms with Crippen molar-refractivity contribution in [2.75, 3.05) is 6.54 Å². The predicted molar refractivity (Wildman–Crippen MR) is 115 cm³/mol. The molecular formula is C21H16ClF6N3O2S. The quantitative estimate of drug-likeness (QED) is 0.410. The average molecular weight is 524 g/mol. The number of amides is 1. The highest BCUT2D eigenvalue weighted by Gasteiger charge is 2.47. The molecule has 1 fully saturated rings. The Morgan fingerprint density at radius 3 is 2.62 bits per heavy atom. The van der Waals surface area contributed by atoms with Crippen molar-refractivity contribution in [3.63, 3.8) is 0 Å². The number of halogens is 7. The fourth-order valence-electron chi connectivity index (χ4n) is 4.01. The summed E-state index contributed by atoms with van der Waals surface area (Å²) in [6.45, 7) is -0.229. The second kappa shape index (κ2) is 8.88. The molecule has 1 saturated heterocycles. The third-order valence-electron chi connectivity index (χ3n) is 5.66. The molecule has 0 saturated carbocycles. The standard InChI is InChI=1S/C21H16ClF6N3O2S/c22-14-4-3-11(8-13(14)20(23,24)25)12-9-34-18-17(12)19(33)30(10-29-18)7-5-16(32)31-6-1-2-15(31)21(26,27)28/h3-4,8-10,15H,1-2,5-7H2. The molecule has 3 heterocycles. The van der Waals surface area contributed by atoms with Gasteiger partial charge in [0.05, 0.1) is 22.3 Å². The average Bonchev–Trinajstić information content (AvgIpc) is 3.40. The molecule has 0 bridgehead atoms. The Balaban J connectivity index is 1.63. The van der Waals surface area contributed by atoms with Gasteiger partial charge in [0.15, 0.2) is 0 Å². The Bertz CT molecular complexity index is 1300. The number of thiophene rings is 1. The minimum atomic E-state index is -4.69. The minimum Gasteiger partial charge on any atom is -0.331 e. The second-order valence-electron chi connectivity index (χ2n) is 7.80. The number of rotatable bonds is 4. The van der Waals surface area contributed by atoms with Gasteiger partial charge in [-0.1, -0.05) is 17.7 Å². The number of aryl methyl sites for hydroxylation is 1. The van der Waals surface area contributed by atoms with Gasteiger partial charge in [-0.2, -0.15) is 26.3 Å². The number of benzene rings is 1. The maximum Gasteiger partial charge on any atom is 0.417 e. The first-order valence-electron chi connectivity index (χ1n) is 10.1. The maximum atomic E-state index is 13.3. The summed E-state index contributed by atoms with van der Waals surface area (Å²) in [4.78, 5) is 30.7. The number of nitrogens with zero attached hydrogens (tertiary/aromatic N) is 3. The van der Waals surface area contributed by atoms with Crippen molar-refractivity contribution in [2.24, 2.45) is 0 Å². The molecule has 182 valence electrons. The first-order valence-corrected chi connectivity index (χ1v) is 11.3. The molecule has 0 aliphatic carbocycles. The molecule has 1 unspecified atom stereocenters. The molecule has 2 aromatic heterocycles. The summed E-state index contributed by atoms with van der Waals surface area (Å²) in [5.74, 6) is -0.732. The van der Waals surface area contributed by atoms with Crippen molar-refractivity contribution in [1.29, 1.82) is 0 Å². The normalized spacial score (nSPS) is 17.0. The van der Waals surface area contributed by atoms with E-state index in [1.807, 2.05) is 0 Å². The lowest BCUT2D eigenvalue weighted by Crippen LogP contribution is -2.44. The van der Waals surface area contributed by atoms with Gasteiger partial charge in [0, 0.05) is 30.5 Å². The molecule has 4 rings (SSSR count). The summed E-state index contributed by atoms with van der Waals surface area (Å²) in [5.41, 5.74) is -1.32. The first-order chi connectivity index (χ1) is 15.9. The van der Waals surface area contributed by atoms with E-state index in [4.69, 9.17) is 11.6 Å². The van der Waals surface area contributed by atoms with Gasteiger partial charge in [0.2, 0.25) is 5.91 Å². The van der Waals surface area contributed by atoms with Gasteiger partial charge >= 0.3 is 12.4 Å². The lowest BCUT2D eigenvalue weighted by molar-refractivity contribution is -0.182. The molecule has 13 heteroatoms. The van der Waals surface area contributed by atoms with E-state index >= 15 is 0 Å². The summed E-state index contributed by atoms with van der Waals surface area (Å²) in [7, 11) is 0. The summed E-state index contributed by atoms with van der Waals surface area (Å²) in [5, 5.41) is 1.07. The third-order valence-corrected chi connectivity index (χ3v) is 6.88. The van der Waals surface area contributed by atoms with Crippen molar-refractivity contribution in [1.82, 2.24) is 14.5 Å². The maximum absolute atomic E-state index is 13.3. The van der Waals surface area contributed by atoms with Crippen molar-refractivity contribution >= 4 is 39.1 Å². The number of likely N-dealkylation sites (tertiary alicyclic amines) is 1. The van der Waals surface area contributed by atoms with Crippen LogP contribution in [0.4, 0.5) is 26.3 Å². The minimum absolute atomic E-state index is 0.0119. The molecule has 1 aromatic carbocycles. The molecule has 3 aromatic rings. The number of hydrogen-bond donors (Lipinski definition) is 0. The van der Waals surface area contributed by atoms with Crippen molar-refractivity contribution in [3.8, 4) is 11.1 Å². The first kappa shape index (κ1) is 24.5. The zero-order valence-electron chi connectivity index (χ0n) is 17.2. The molecular weight excluding hydrogens is 508 g/mol.